The molecular formula is C24H26N2O3. The van der Waals surface area contributed by atoms with Gasteiger partial charge in [-0.1, -0.05) is 24.3 Å². The lowest BCUT2D eigenvalue weighted by molar-refractivity contribution is -0.125. The Morgan fingerprint density at radius 1 is 1.00 bits per heavy atom. The maximum Gasteiger partial charge on any atom is 0.295 e. The summed E-state index contributed by atoms with van der Waals surface area (Å²) >= 11 is 0. The number of hydrogen-bond donors (Lipinski definition) is 0. The van der Waals surface area contributed by atoms with Gasteiger partial charge in [0.25, 0.3) is 11.7 Å². The van der Waals surface area contributed by atoms with Gasteiger partial charge in [-0.2, -0.15) is 0 Å². The first-order chi connectivity index (χ1) is 14.0. The summed E-state index contributed by atoms with van der Waals surface area (Å²) in [5, 5.41) is 0.816. The SMILES string of the molecule is Cc1ccc(OCCn2cc(C(=O)C(=O)N3CCCC3)c3ccccc32)cc1C. The fourth-order valence-electron chi connectivity index (χ4n) is 3.86. The molecule has 0 aliphatic carbocycles. The largest absolute Gasteiger partial charge is 0.492 e. The van der Waals surface area contributed by atoms with Crippen molar-refractivity contribution >= 4 is 22.6 Å². The Balaban J connectivity index is 1.53. The molecule has 29 heavy (non-hydrogen) atoms. The van der Waals surface area contributed by atoms with Crippen molar-refractivity contribution in [1.29, 1.82) is 0 Å². The molecule has 0 atom stereocenters. The lowest BCUT2D eigenvalue weighted by atomic mass is 10.1. The third kappa shape index (κ3) is 3.90. The quantitative estimate of drug-likeness (QED) is 0.469. The number of fused-ring (bicyclic) bond motifs is 1. The van der Waals surface area contributed by atoms with Crippen LogP contribution in [0.2, 0.25) is 0 Å². The summed E-state index contributed by atoms with van der Waals surface area (Å²) in [6.45, 7) is 6.57. The van der Waals surface area contributed by atoms with E-state index in [1.54, 1.807) is 11.1 Å². The molecule has 2 heterocycles. The van der Waals surface area contributed by atoms with E-state index in [1.807, 2.05) is 41.0 Å². The van der Waals surface area contributed by atoms with Crippen LogP contribution in [0.5, 0.6) is 5.75 Å². The number of hydrogen-bond acceptors (Lipinski definition) is 3. The lowest BCUT2D eigenvalue weighted by Crippen LogP contribution is -2.34. The number of likely N-dealkylation sites (tertiary alicyclic amines) is 1. The lowest BCUT2D eigenvalue weighted by Gasteiger charge is -2.13. The van der Waals surface area contributed by atoms with Gasteiger partial charge >= 0.3 is 0 Å². The van der Waals surface area contributed by atoms with Gasteiger partial charge < -0.3 is 14.2 Å². The van der Waals surface area contributed by atoms with Crippen LogP contribution in [0.15, 0.2) is 48.7 Å². The first-order valence-corrected chi connectivity index (χ1v) is 10.2. The van der Waals surface area contributed by atoms with Gasteiger partial charge in [-0.15, -0.1) is 0 Å². The summed E-state index contributed by atoms with van der Waals surface area (Å²) in [4.78, 5) is 27.2. The number of carbonyl (C=O) groups is 2. The van der Waals surface area contributed by atoms with E-state index in [0.29, 0.717) is 31.8 Å². The molecule has 4 rings (SSSR count). The molecule has 5 heteroatoms. The monoisotopic (exact) mass is 390 g/mol. The second-order valence-corrected chi connectivity index (χ2v) is 7.68. The zero-order valence-corrected chi connectivity index (χ0v) is 17.0. The van der Waals surface area contributed by atoms with Crippen LogP contribution >= 0.6 is 0 Å². The van der Waals surface area contributed by atoms with Crippen molar-refractivity contribution < 1.29 is 14.3 Å². The molecule has 1 saturated heterocycles. The predicted molar refractivity (Wildman–Crippen MR) is 113 cm³/mol. The molecule has 0 radical (unpaired) electrons. The van der Waals surface area contributed by atoms with Crippen molar-refractivity contribution in [2.75, 3.05) is 19.7 Å². The van der Waals surface area contributed by atoms with Crippen LogP contribution in [0.25, 0.3) is 10.9 Å². The summed E-state index contributed by atoms with van der Waals surface area (Å²) in [6.07, 6.45) is 3.73. The van der Waals surface area contributed by atoms with Crippen LogP contribution in [0.3, 0.4) is 0 Å². The molecular weight excluding hydrogens is 364 g/mol. The minimum atomic E-state index is -0.420. The number of carbonyl (C=O) groups excluding carboxylic acids is 2. The van der Waals surface area contributed by atoms with Crippen LogP contribution < -0.4 is 4.74 Å². The van der Waals surface area contributed by atoms with Gasteiger partial charge in [0.2, 0.25) is 0 Å². The number of aryl methyl sites for hydroxylation is 2. The maximum atomic E-state index is 12.9. The van der Waals surface area contributed by atoms with Gasteiger partial charge in [0.05, 0.1) is 12.1 Å². The second-order valence-electron chi connectivity index (χ2n) is 7.68. The van der Waals surface area contributed by atoms with E-state index >= 15 is 0 Å². The van der Waals surface area contributed by atoms with Gasteiger partial charge in [-0.05, 0) is 56.0 Å². The fourth-order valence-corrected chi connectivity index (χ4v) is 3.86. The highest BCUT2D eigenvalue weighted by molar-refractivity contribution is 6.44. The third-order valence-electron chi connectivity index (χ3n) is 5.70. The smallest absolute Gasteiger partial charge is 0.295 e. The Hall–Kier alpha value is -3.08. The fraction of sp³-hybridized carbons (Fsp3) is 0.333. The Kier molecular flexibility index (Phi) is 5.38. The molecule has 5 nitrogen and oxygen atoms in total. The number of para-hydroxylation sites is 1. The van der Waals surface area contributed by atoms with E-state index in [2.05, 4.69) is 19.9 Å². The standard InChI is InChI=1S/C24H26N2O3/c1-17-9-10-19(15-18(17)2)29-14-13-26-16-21(20-7-3-4-8-22(20)26)23(27)24(28)25-11-5-6-12-25/h3-4,7-10,15-16H,5-6,11-14H2,1-2H3. The summed E-state index contributed by atoms with van der Waals surface area (Å²) in [5.41, 5.74) is 3.85. The number of ketones is 1. The van der Waals surface area contributed by atoms with Gasteiger partial charge in [-0.25, -0.2) is 0 Å². The molecule has 0 spiro atoms. The van der Waals surface area contributed by atoms with E-state index in [0.717, 1.165) is 29.5 Å². The van der Waals surface area contributed by atoms with Crippen molar-refractivity contribution in [2.45, 2.75) is 33.2 Å². The first-order valence-electron chi connectivity index (χ1n) is 10.2. The van der Waals surface area contributed by atoms with E-state index in [1.165, 1.54) is 11.1 Å². The summed E-state index contributed by atoms with van der Waals surface area (Å²) in [6, 6.07) is 13.8. The van der Waals surface area contributed by atoms with Crippen LogP contribution in [0.4, 0.5) is 0 Å². The van der Waals surface area contributed by atoms with Crippen molar-refractivity contribution in [2.24, 2.45) is 0 Å². The number of aromatic nitrogens is 1. The maximum absolute atomic E-state index is 12.9. The molecule has 2 aromatic carbocycles. The number of Topliss-reactive ketones (excluding diaryl/α,β-unsaturated/α-hetero) is 1. The van der Waals surface area contributed by atoms with E-state index in [9.17, 15) is 9.59 Å². The average molecular weight is 390 g/mol. The highest BCUT2D eigenvalue weighted by atomic mass is 16.5. The predicted octanol–water partition coefficient (Wildman–Crippen LogP) is 4.14. The molecule has 1 amide bonds. The topological polar surface area (TPSA) is 51.5 Å². The molecule has 1 aliphatic rings. The first kappa shape index (κ1) is 19.2. The zero-order chi connectivity index (χ0) is 20.4. The van der Waals surface area contributed by atoms with Crippen LogP contribution in [-0.2, 0) is 11.3 Å². The molecule has 1 aliphatic heterocycles. The number of benzene rings is 2. The highest BCUT2D eigenvalue weighted by Crippen LogP contribution is 2.23. The zero-order valence-electron chi connectivity index (χ0n) is 17.0. The van der Waals surface area contributed by atoms with Crippen molar-refractivity contribution in [3.8, 4) is 5.75 Å². The second kappa shape index (κ2) is 8.11. The van der Waals surface area contributed by atoms with Crippen LogP contribution in [0.1, 0.15) is 34.3 Å². The van der Waals surface area contributed by atoms with Crippen molar-refractivity contribution in [3.63, 3.8) is 0 Å². The van der Waals surface area contributed by atoms with Gasteiger partial charge in [-0.3, -0.25) is 9.59 Å². The highest BCUT2D eigenvalue weighted by Gasteiger charge is 2.27. The van der Waals surface area contributed by atoms with Crippen molar-refractivity contribution in [3.05, 3.63) is 65.4 Å². The van der Waals surface area contributed by atoms with Gasteiger partial charge in [0.15, 0.2) is 0 Å². The Morgan fingerprint density at radius 2 is 1.76 bits per heavy atom. The minimum Gasteiger partial charge on any atom is -0.492 e. The molecule has 0 bridgehead atoms. The molecule has 0 saturated carbocycles. The van der Waals surface area contributed by atoms with Gasteiger partial charge in [0.1, 0.15) is 12.4 Å². The minimum absolute atomic E-state index is 0.392. The molecule has 3 aromatic rings. The number of ether oxygens (including phenoxy) is 1. The molecule has 1 fully saturated rings. The van der Waals surface area contributed by atoms with Gasteiger partial charge in [0, 0.05) is 30.2 Å². The summed E-state index contributed by atoms with van der Waals surface area (Å²) in [7, 11) is 0. The van der Waals surface area contributed by atoms with E-state index in [4.69, 9.17) is 4.74 Å². The number of rotatable bonds is 6. The Morgan fingerprint density at radius 3 is 2.52 bits per heavy atom. The molecule has 0 N–H and O–H groups in total. The third-order valence-corrected chi connectivity index (χ3v) is 5.70. The normalized spacial score (nSPS) is 13.8. The number of nitrogens with zero attached hydrogens (tertiary/aromatic N) is 2. The molecule has 150 valence electrons. The van der Waals surface area contributed by atoms with Crippen LogP contribution in [-0.4, -0.2) is 40.9 Å². The summed E-state index contributed by atoms with van der Waals surface area (Å²) in [5.74, 6) is 0.0267. The number of amides is 1. The summed E-state index contributed by atoms with van der Waals surface area (Å²) < 4.78 is 7.91. The molecule has 0 unspecified atom stereocenters. The Labute approximate surface area is 170 Å². The average Bonchev–Trinajstić information content (AvgIpc) is 3.38. The van der Waals surface area contributed by atoms with E-state index < -0.39 is 11.7 Å². The van der Waals surface area contributed by atoms with Crippen molar-refractivity contribution in [1.82, 2.24) is 9.47 Å². The van der Waals surface area contributed by atoms with Crippen LogP contribution in [0, 0.1) is 13.8 Å². The Bertz CT molecular complexity index is 1060. The molecule has 1 aromatic heterocycles. The van der Waals surface area contributed by atoms with E-state index in [-0.39, 0.29) is 0 Å².